The molecule has 0 unspecified atom stereocenters. The minimum atomic E-state index is -0.0414. The molecule has 0 radical (unpaired) electrons. The molecule has 0 saturated heterocycles. The standard InChI is InChI=1S/C14H19N3O/c1-5-9-17(10-6-2)14(18)12-7-8-15-13(11-12)16(3)4/h5-8,11H,1-2,9-10H2,3-4H3. The first-order chi connectivity index (χ1) is 8.60. The second kappa shape index (κ2) is 6.59. The molecule has 96 valence electrons. The maximum Gasteiger partial charge on any atom is 0.254 e. The second-order valence-corrected chi connectivity index (χ2v) is 4.08. The summed E-state index contributed by atoms with van der Waals surface area (Å²) >= 11 is 0. The van der Waals surface area contributed by atoms with E-state index in [0.29, 0.717) is 18.7 Å². The molecule has 1 rings (SSSR count). The van der Waals surface area contributed by atoms with Crippen LogP contribution in [0.2, 0.25) is 0 Å². The Morgan fingerprint density at radius 3 is 2.44 bits per heavy atom. The summed E-state index contributed by atoms with van der Waals surface area (Å²) in [5.74, 6) is 0.721. The van der Waals surface area contributed by atoms with Gasteiger partial charge in [-0.1, -0.05) is 12.2 Å². The third-order valence-corrected chi connectivity index (χ3v) is 2.44. The van der Waals surface area contributed by atoms with Crippen LogP contribution in [-0.4, -0.2) is 43.0 Å². The van der Waals surface area contributed by atoms with Crippen LogP contribution in [0.5, 0.6) is 0 Å². The number of pyridine rings is 1. The van der Waals surface area contributed by atoms with Crippen LogP contribution in [0.4, 0.5) is 5.82 Å². The fourth-order valence-electron chi connectivity index (χ4n) is 1.53. The van der Waals surface area contributed by atoms with Gasteiger partial charge < -0.3 is 9.80 Å². The van der Waals surface area contributed by atoms with Gasteiger partial charge in [-0.05, 0) is 12.1 Å². The van der Waals surface area contributed by atoms with Crippen molar-refractivity contribution in [1.29, 1.82) is 0 Å². The van der Waals surface area contributed by atoms with Gasteiger partial charge in [0.25, 0.3) is 5.91 Å². The Kier molecular flexibility index (Phi) is 5.11. The molecule has 0 aliphatic heterocycles. The number of carbonyl (C=O) groups is 1. The first-order valence-electron chi connectivity index (χ1n) is 5.74. The predicted octanol–water partition coefficient (Wildman–Crippen LogP) is 1.96. The van der Waals surface area contributed by atoms with Crippen molar-refractivity contribution in [3.8, 4) is 0 Å². The van der Waals surface area contributed by atoms with E-state index >= 15 is 0 Å². The van der Waals surface area contributed by atoms with Gasteiger partial charge >= 0.3 is 0 Å². The summed E-state index contributed by atoms with van der Waals surface area (Å²) in [5, 5.41) is 0. The molecule has 0 aliphatic carbocycles. The quantitative estimate of drug-likeness (QED) is 0.719. The van der Waals surface area contributed by atoms with E-state index in [0.717, 1.165) is 5.82 Å². The summed E-state index contributed by atoms with van der Waals surface area (Å²) in [6, 6.07) is 3.50. The van der Waals surface area contributed by atoms with E-state index in [-0.39, 0.29) is 5.91 Å². The first kappa shape index (κ1) is 14.0. The van der Waals surface area contributed by atoms with Crippen molar-refractivity contribution >= 4 is 11.7 Å². The van der Waals surface area contributed by atoms with Gasteiger partial charge in [-0.2, -0.15) is 0 Å². The number of aromatic nitrogens is 1. The third-order valence-electron chi connectivity index (χ3n) is 2.44. The van der Waals surface area contributed by atoms with Crippen molar-refractivity contribution in [2.75, 3.05) is 32.1 Å². The van der Waals surface area contributed by atoms with Crippen LogP contribution in [0.25, 0.3) is 0 Å². The zero-order chi connectivity index (χ0) is 13.5. The van der Waals surface area contributed by atoms with Crippen LogP contribution >= 0.6 is 0 Å². The number of carbonyl (C=O) groups excluding carboxylic acids is 1. The molecule has 18 heavy (non-hydrogen) atoms. The van der Waals surface area contributed by atoms with Crippen LogP contribution in [0, 0.1) is 0 Å². The van der Waals surface area contributed by atoms with Gasteiger partial charge in [0.05, 0.1) is 0 Å². The Labute approximate surface area is 108 Å². The van der Waals surface area contributed by atoms with E-state index in [1.165, 1.54) is 0 Å². The molecule has 0 N–H and O–H groups in total. The zero-order valence-electron chi connectivity index (χ0n) is 11.0. The Bertz CT molecular complexity index is 430. The summed E-state index contributed by atoms with van der Waals surface area (Å²) in [6.07, 6.45) is 5.05. The average Bonchev–Trinajstić information content (AvgIpc) is 2.38. The Hall–Kier alpha value is -2.10. The van der Waals surface area contributed by atoms with Gasteiger partial charge in [0.15, 0.2) is 0 Å². The number of rotatable bonds is 6. The number of hydrogen-bond acceptors (Lipinski definition) is 3. The second-order valence-electron chi connectivity index (χ2n) is 4.08. The van der Waals surface area contributed by atoms with Crippen molar-refractivity contribution < 1.29 is 4.79 Å². The molecule has 0 aliphatic rings. The van der Waals surface area contributed by atoms with Crippen molar-refractivity contribution in [3.05, 3.63) is 49.2 Å². The summed E-state index contributed by atoms with van der Waals surface area (Å²) in [6.45, 7) is 8.32. The van der Waals surface area contributed by atoms with Gasteiger partial charge in [0.1, 0.15) is 5.82 Å². The molecule has 1 amide bonds. The van der Waals surface area contributed by atoms with Crippen LogP contribution in [0.3, 0.4) is 0 Å². The van der Waals surface area contributed by atoms with Gasteiger partial charge in [0, 0.05) is 38.9 Å². The molecular weight excluding hydrogens is 226 g/mol. The van der Waals surface area contributed by atoms with Crippen LogP contribution in [-0.2, 0) is 0 Å². The van der Waals surface area contributed by atoms with Crippen LogP contribution < -0.4 is 4.90 Å². The van der Waals surface area contributed by atoms with Gasteiger partial charge in [-0.3, -0.25) is 4.79 Å². The minimum absolute atomic E-state index is 0.0414. The topological polar surface area (TPSA) is 36.4 Å². The number of anilines is 1. The molecule has 0 atom stereocenters. The van der Waals surface area contributed by atoms with E-state index in [4.69, 9.17) is 0 Å². The van der Waals surface area contributed by atoms with Gasteiger partial charge in [-0.25, -0.2) is 4.98 Å². The molecule has 1 aromatic rings. The van der Waals surface area contributed by atoms with E-state index in [9.17, 15) is 4.79 Å². The Morgan fingerprint density at radius 2 is 1.94 bits per heavy atom. The molecule has 0 spiro atoms. The fraction of sp³-hybridized carbons (Fsp3) is 0.286. The highest BCUT2D eigenvalue weighted by atomic mass is 16.2. The number of hydrogen-bond donors (Lipinski definition) is 0. The van der Waals surface area contributed by atoms with E-state index in [1.807, 2.05) is 19.0 Å². The highest BCUT2D eigenvalue weighted by Gasteiger charge is 2.14. The molecule has 0 saturated carbocycles. The van der Waals surface area contributed by atoms with E-state index in [1.54, 1.807) is 35.4 Å². The molecule has 0 fully saturated rings. The molecular formula is C14H19N3O. The summed E-state index contributed by atoms with van der Waals surface area (Å²) in [5.41, 5.74) is 0.623. The smallest absolute Gasteiger partial charge is 0.254 e. The molecule has 4 nitrogen and oxygen atoms in total. The maximum atomic E-state index is 12.3. The lowest BCUT2D eigenvalue weighted by Crippen LogP contribution is -2.31. The lowest BCUT2D eigenvalue weighted by atomic mass is 10.2. The van der Waals surface area contributed by atoms with Crippen molar-refractivity contribution in [2.45, 2.75) is 0 Å². The zero-order valence-corrected chi connectivity index (χ0v) is 11.0. The molecule has 1 heterocycles. The highest BCUT2D eigenvalue weighted by Crippen LogP contribution is 2.12. The maximum absolute atomic E-state index is 12.3. The third kappa shape index (κ3) is 3.45. The SMILES string of the molecule is C=CCN(CC=C)C(=O)c1ccnc(N(C)C)c1. The van der Waals surface area contributed by atoms with E-state index < -0.39 is 0 Å². The molecule has 4 heteroatoms. The summed E-state index contributed by atoms with van der Waals surface area (Å²) in [4.78, 5) is 20.0. The van der Waals surface area contributed by atoms with E-state index in [2.05, 4.69) is 18.1 Å². The van der Waals surface area contributed by atoms with Crippen LogP contribution in [0.1, 0.15) is 10.4 Å². The monoisotopic (exact) mass is 245 g/mol. The molecule has 0 aromatic carbocycles. The van der Waals surface area contributed by atoms with Crippen molar-refractivity contribution in [3.63, 3.8) is 0 Å². The summed E-state index contributed by atoms with van der Waals surface area (Å²) < 4.78 is 0. The van der Waals surface area contributed by atoms with Gasteiger partial charge in [-0.15, -0.1) is 13.2 Å². The fourth-order valence-corrected chi connectivity index (χ4v) is 1.53. The average molecular weight is 245 g/mol. The number of amides is 1. The van der Waals surface area contributed by atoms with Crippen molar-refractivity contribution in [1.82, 2.24) is 9.88 Å². The lowest BCUT2D eigenvalue weighted by Gasteiger charge is -2.20. The van der Waals surface area contributed by atoms with Gasteiger partial charge in [0.2, 0.25) is 0 Å². The predicted molar refractivity (Wildman–Crippen MR) is 74.9 cm³/mol. The van der Waals surface area contributed by atoms with Crippen molar-refractivity contribution in [2.24, 2.45) is 0 Å². The molecule has 1 aromatic heterocycles. The Morgan fingerprint density at radius 1 is 1.33 bits per heavy atom. The first-order valence-corrected chi connectivity index (χ1v) is 5.74. The Balaban J connectivity index is 2.96. The largest absolute Gasteiger partial charge is 0.363 e. The summed E-state index contributed by atoms with van der Waals surface area (Å²) in [7, 11) is 3.78. The molecule has 0 bridgehead atoms. The highest BCUT2D eigenvalue weighted by molar-refractivity contribution is 5.95. The number of nitrogens with zero attached hydrogens (tertiary/aromatic N) is 3. The van der Waals surface area contributed by atoms with Crippen LogP contribution in [0.15, 0.2) is 43.6 Å². The minimum Gasteiger partial charge on any atom is -0.363 e. The lowest BCUT2D eigenvalue weighted by molar-refractivity contribution is 0.0791. The normalized spacial score (nSPS) is 9.67.